The molecule has 0 spiro atoms. The second-order valence-electron chi connectivity index (χ2n) is 5.14. The summed E-state index contributed by atoms with van der Waals surface area (Å²) in [5.74, 6) is 0.599. The van der Waals surface area contributed by atoms with Crippen molar-refractivity contribution in [2.45, 2.75) is 0 Å². The van der Waals surface area contributed by atoms with Crippen LogP contribution >= 0.6 is 0 Å². The van der Waals surface area contributed by atoms with Crippen molar-refractivity contribution >= 4 is 28.1 Å². The molecule has 0 N–H and O–H groups in total. The number of fused-ring (bicyclic) bond motifs is 1. The van der Waals surface area contributed by atoms with E-state index in [1.54, 1.807) is 0 Å². The fourth-order valence-electron chi connectivity index (χ4n) is 2.62. The second-order valence-corrected chi connectivity index (χ2v) is 5.14. The lowest BCUT2D eigenvalue weighted by molar-refractivity contribution is 1.01. The molecule has 0 aliphatic carbocycles. The van der Waals surface area contributed by atoms with E-state index in [0.717, 1.165) is 11.4 Å². The van der Waals surface area contributed by atoms with E-state index in [9.17, 15) is 0 Å². The van der Waals surface area contributed by atoms with Crippen LogP contribution in [0.4, 0.5) is 17.3 Å². The van der Waals surface area contributed by atoms with Crippen LogP contribution in [0.2, 0.25) is 0 Å². The van der Waals surface area contributed by atoms with Gasteiger partial charge >= 0.3 is 0 Å². The standard InChI is InChI=1S/C19H14N4/c1-2-8-17(9-3-1)23(19-21-13-20-14-22-19)18-11-10-15-6-4-5-7-16(15)12-18/h1-14H. The Balaban J connectivity index is 1.90. The van der Waals surface area contributed by atoms with Gasteiger partial charge in [-0.1, -0.05) is 48.5 Å². The summed E-state index contributed by atoms with van der Waals surface area (Å²) in [6.45, 7) is 0. The van der Waals surface area contributed by atoms with Gasteiger partial charge in [-0.05, 0) is 35.0 Å². The van der Waals surface area contributed by atoms with Crippen LogP contribution in [0.25, 0.3) is 10.8 Å². The van der Waals surface area contributed by atoms with E-state index in [1.807, 2.05) is 47.4 Å². The monoisotopic (exact) mass is 298 g/mol. The van der Waals surface area contributed by atoms with Crippen molar-refractivity contribution in [1.29, 1.82) is 0 Å². The van der Waals surface area contributed by atoms with E-state index in [1.165, 1.54) is 23.4 Å². The number of hydrogen-bond donors (Lipinski definition) is 0. The first-order chi connectivity index (χ1) is 11.4. The molecule has 0 atom stereocenters. The summed E-state index contributed by atoms with van der Waals surface area (Å²) < 4.78 is 0. The highest BCUT2D eigenvalue weighted by Crippen LogP contribution is 2.33. The van der Waals surface area contributed by atoms with Crippen molar-refractivity contribution in [3.05, 3.63) is 85.5 Å². The number of rotatable bonds is 3. The van der Waals surface area contributed by atoms with Crippen molar-refractivity contribution in [3.63, 3.8) is 0 Å². The average Bonchev–Trinajstić information content (AvgIpc) is 2.64. The normalized spacial score (nSPS) is 10.6. The summed E-state index contributed by atoms with van der Waals surface area (Å²) in [6.07, 6.45) is 3.03. The van der Waals surface area contributed by atoms with E-state index < -0.39 is 0 Å². The van der Waals surface area contributed by atoms with Crippen molar-refractivity contribution in [1.82, 2.24) is 15.0 Å². The summed E-state index contributed by atoms with van der Waals surface area (Å²) in [6, 6.07) is 24.7. The van der Waals surface area contributed by atoms with E-state index in [-0.39, 0.29) is 0 Å². The zero-order valence-electron chi connectivity index (χ0n) is 12.4. The van der Waals surface area contributed by atoms with Gasteiger partial charge in [0.2, 0.25) is 5.95 Å². The second kappa shape index (κ2) is 5.85. The molecule has 4 rings (SSSR count). The summed E-state index contributed by atoms with van der Waals surface area (Å²) in [7, 11) is 0. The molecule has 0 bridgehead atoms. The Morgan fingerprint density at radius 2 is 1.30 bits per heavy atom. The predicted molar refractivity (Wildman–Crippen MR) is 92.0 cm³/mol. The highest BCUT2D eigenvalue weighted by atomic mass is 15.3. The van der Waals surface area contributed by atoms with Gasteiger partial charge in [0.1, 0.15) is 12.7 Å². The molecule has 3 aromatic carbocycles. The van der Waals surface area contributed by atoms with Crippen molar-refractivity contribution < 1.29 is 0 Å². The molecule has 0 saturated heterocycles. The van der Waals surface area contributed by atoms with Crippen LogP contribution in [-0.2, 0) is 0 Å². The molecule has 4 nitrogen and oxygen atoms in total. The molecule has 0 radical (unpaired) electrons. The van der Waals surface area contributed by atoms with Crippen LogP contribution in [0.1, 0.15) is 0 Å². The third kappa shape index (κ3) is 2.62. The Bertz CT molecular complexity index is 884. The lowest BCUT2D eigenvalue weighted by Gasteiger charge is -2.22. The third-order valence-corrected chi connectivity index (χ3v) is 3.69. The molecule has 0 saturated carbocycles. The Kier molecular flexibility index (Phi) is 3.41. The molecular weight excluding hydrogens is 284 g/mol. The first-order valence-corrected chi connectivity index (χ1v) is 7.38. The van der Waals surface area contributed by atoms with Crippen LogP contribution in [0, 0.1) is 0 Å². The number of hydrogen-bond acceptors (Lipinski definition) is 4. The Morgan fingerprint density at radius 1 is 0.609 bits per heavy atom. The molecule has 4 aromatic rings. The Labute approximate surface area is 134 Å². The molecular formula is C19H14N4. The zero-order chi connectivity index (χ0) is 15.5. The van der Waals surface area contributed by atoms with Gasteiger partial charge < -0.3 is 0 Å². The van der Waals surface area contributed by atoms with Crippen LogP contribution in [0.15, 0.2) is 85.5 Å². The molecule has 110 valence electrons. The molecule has 0 fully saturated rings. The fourth-order valence-corrected chi connectivity index (χ4v) is 2.62. The number of para-hydroxylation sites is 1. The highest BCUT2D eigenvalue weighted by Gasteiger charge is 2.14. The average molecular weight is 298 g/mol. The van der Waals surface area contributed by atoms with Crippen molar-refractivity contribution in [3.8, 4) is 0 Å². The van der Waals surface area contributed by atoms with Gasteiger partial charge in [-0.25, -0.2) is 15.0 Å². The van der Waals surface area contributed by atoms with E-state index >= 15 is 0 Å². The minimum atomic E-state index is 0.599. The lowest BCUT2D eigenvalue weighted by atomic mass is 10.1. The largest absolute Gasteiger partial charge is 0.279 e. The van der Waals surface area contributed by atoms with E-state index in [4.69, 9.17) is 0 Å². The van der Waals surface area contributed by atoms with Gasteiger partial charge in [0.05, 0.1) is 0 Å². The Hall–Kier alpha value is -3.27. The van der Waals surface area contributed by atoms with Gasteiger partial charge in [0.25, 0.3) is 0 Å². The first-order valence-electron chi connectivity index (χ1n) is 7.38. The molecule has 23 heavy (non-hydrogen) atoms. The third-order valence-electron chi connectivity index (χ3n) is 3.69. The summed E-state index contributed by atoms with van der Waals surface area (Å²) >= 11 is 0. The smallest absolute Gasteiger partial charge is 0.237 e. The Morgan fingerprint density at radius 3 is 2.09 bits per heavy atom. The fraction of sp³-hybridized carbons (Fsp3) is 0. The number of benzene rings is 3. The van der Waals surface area contributed by atoms with Crippen molar-refractivity contribution in [2.75, 3.05) is 4.90 Å². The maximum absolute atomic E-state index is 4.32. The number of nitrogens with zero attached hydrogens (tertiary/aromatic N) is 4. The number of aromatic nitrogens is 3. The first kappa shape index (κ1) is 13.4. The lowest BCUT2D eigenvalue weighted by Crippen LogP contribution is -2.13. The zero-order valence-corrected chi connectivity index (χ0v) is 12.4. The van der Waals surface area contributed by atoms with Crippen LogP contribution in [0.5, 0.6) is 0 Å². The summed E-state index contributed by atoms with van der Waals surface area (Å²) in [5, 5.41) is 2.39. The summed E-state index contributed by atoms with van der Waals surface area (Å²) in [4.78, 5) is 14.6. The van der Waals surface area contributed by atoms with E-state index in [0.29, 0.717) is 5.95 Å². The van der Waals surface area contributed by atoms with Gasteiger partial charge in [-0.2, -0.15) is 0 Å². The maximum atomic E-state index is 4.32. The SMILES string of the molecule is c1ccc(N(c2ccc3ccccc3c2)c2ncncn2)cc1. The minimum absolute atomic E-state index is 0.599. The van der Waals surface area contributed by atoms with Gasteiger partial charge in [0.15, 0.2) is 0 Å². The maximum Gasteiger partial charge on any atom is 0.237 e. The van der Waals surface area contributed by atoms with Crippen LogP contribution in [-0.4, -0.2) is 15.0 Å². The number of anilines is 3. The van der Waals surface area contributed by atoms with E-state index in [2.05, 4.69) is 45.3 Å². The highest BCUT2D eigenvalue weighted by molar-refractivity contribution is 5.88. The molecule has 0 unspecified atom stereocenters. The van der Waals surface area contributed by atoms with Gasteiger partial charge in [-0.15, -0.1) is 0 Å². The molecule has 0 amide bonds. The molecule has 1 heterocycles. The quantitative estimate of drug-likeness (QED) is 0.558. The molecule has 0 aliphatic rings. The van der Waals surface area contributed by atoms with Gasteiger partial charge in [0, 0.05) is 11.4 Å². The van der Waals surface area contributed by atoms with Crippen LogP contribution in [0.3, 0.4) is 0 Å². The van der Waals surface area contributed by atoms with Gasteiger partial charge in [-0.3, -0.25) is 4.90 Å². The summed E-state index contributed by atoms with van der Waals surface area (Å²) in [5.41, 5.74) is 2.02. The topological polar surface area (TPSA) is 41.9 Å². The minimum Gasteiger partial charge on any atom is -0.279 e. The van der Waals surface area contributed by atoms with Crippen LogP contribution < -0.4 is 4.90 Å². The predicted octanol–water partition coefficient (Wildman–Crippen LogP) is 4.49. The van der Waals surface area contributed by atoms with Crippen molar-refractivity contribution in [2.24, 2.45) is 0 Å². The molecule has 1 aromatic heterocycles. The molecule has 0 aliphatic heterocycles. The molecule has 4 heteroatoms.